The van der Waals surface area contributed by atoms with E-state index in [0.29, 0.717) is 0 Å². The molecule has 0 saturated carbocycles. The highest BCUT2D eigenvalue weighted by Crippen LogP contribution is 2.40. The normalized spacial score (nSPS) is 11.9. The van der Waals surface area contributed by atoms with E-state index in [0.717, 1.165) is 36.6 Å². The molecule has 0 unspecified atom stereocenters. The summed E-state index contributed by atoms with van der Waals surface area (Å²) in [6.07, 6.45) is 5.53. The minimum absolute atomic E-state index is 0.157. The third-order valence-corrected chi connectivity index (χ3v) is 9.42. The Morgan fingerprint density at radius 1 is 1.04 bits per heavy atom. The van der Waals surface area contributed by atoms with Gasteiger partial charge in [-0.3, -0.25) is 4.98 Å². The molecule has 0 spiro atoms. The maximum absolute atomic E-state index is 6.42. The lowest BCUT2D eigenvalue weighted by atomic mass is 10.1. The number of ether oxygens (including phenoxy) is 1. The van der Waals surface area contributed by atoms with Gasteiger partial charge in [0.05, 0.1) is 12.8 Å². The number of aryl methyl sites for hydroxylation is 1. The Kier molecular flexibility index (Phi) is 7.27. The van der Waals surface area contributed by atoms with E-state index in [4.69, 9.17) is 9.16 Å². The number of rotatable bonds is 9. The first-order valence-electron chi connectivity index (χ1n) is 9.48. The summed E-state index contributed by atoms with van der Waals surface area (Å²) in [5, 5.41) is 0.157. The lowest BCUT2D eigenvalue weighted by molar-refractivity contribution is 0.385. The fraction of sp³-hybridized carbons (Fsp3) is 0.476. The summed E-state index contributed by atoms with van der Waals surface area (Å²) in [5.74, 6) is 1.67. The Morgan fingerprint density at radius 2 is 1.74 bits per heavy atom. The summed E-state index contributed by atoms with van der Waals surface area (Å²) in [4.78, 5) is 4.00. The van der Waals surface area contributed by atoms with Crippen molar-refractivity contribution in [2.45, 2.75) is 51.7 Å². The van der Waals surface area contributed by atoms with Gasteiger partial charge in [0, 0.05) is 18.9 Å². The van der Waals surface area contributed by atoms with Crippen molar-refractivity contribution in [3.8, 4) is 11.5 Å². The van der Waals surface area contributed by atoms with Crippen LogP contribution >= 0.6 is 0 Å². The number of aromatic nitrogens is 1. The average Bonchev–Trinajstić information content (AvgIpc) is 2.62. The number of nitrogens with one attached hydrogen (secondary N) is 2. The van der Waals surface area contributed by atoms with Gasteiger partial charge in [0.2, 0.25) is 0 Å². The van der Waals surface area contributed by atoms with E-state index >= 15 is 0 Å². The fourth-order valence-corrected chi connectivity index (χ4v) is 3.39. The summed E-state index contributed by atoms with van der Waals surface area (Å²) >= 11 is 0. The molecule has 0 aliphatic rings. The van der Waals surface area contributed by atoms with E-state index in [9.17, 15) is 0 Å². The lowest BCUT2D eigenvalue weighted by Gasteiger charge is -2.36. The largest absolute Gasteiger partial charge is 0.541 e. The zero-order valence-electron chi connectivity index (χ0n) is 17.4. The topological polar surface area (TPSA) is 55.4 Å². The van der Waals surface area contributed by atoms with Crippen molar-refractivity contribution in [2.75, 3.05) is 19.1 Å². The number of methoxy groups -OCH3 is 1. The average molecular weight is 388 g/mol. The summed E-state index contributed by atoms with van der Waals surface area (Å²) < 4.78 is 12.0. The maximum atomic E-state index is 6.42. The highest BCUT2D eigenvalue weighted by Gasteiger charge is 2.39. The summed E-state index contributed by atoms with van der Waals surface area (Å²) in [5.41, 5.74) is 8.67. The van der Waals surface area contributed by atoms with E-state index in [-0.39, 0.29) is 5.04 Å². The predicted molar refractivity (Wildman–Crippen MR) is 115 cm³/mol. The van der Waals surface area contributed by atoms with Gasteiger partial charge in [0.15, 0.2) is 5.75 Å². The van der Waals surface area contributed by atoms with Gasteiger partial charge in [0.25, 0.3) is 8.32 Å². The molecule has 0 bridgehead atoms. The standard InChI is InChI=1S/C21H33N3O2Si/c1-21(2,3)27(5,6)26-19-10-9-17(16-20(19)25-4)8-7-13-23-24-18-11-14-22-15-12-18/h9-12,14-16,23H,7-8,13H2,1-6H3,(H,22,24). The fourth-order valence-electron chi connectivity index (χ4n) is 2.36. The Morgan fingerprint density at radius 3 is 2.37 bits per heavy atom. The number of pyridine rings is 1. The molecule has 2 aromatic rings. The highest BCUT2D eigenvalue weighted by molar-refractivity contribution is 6.74. The molecule has 2 rings (SSSR count). The van der Waals surface area contributed by atoms with Crippen LogP contribution in [0.25, 0.3) is 0 Å². The smallest absolute Gasteiger partial charge is 0.250 e. The molecule has 0 fully saturated rings. The number of anilines is 1. The molecule has 5 nitrogen and oxygen atoms in total. The van der Waals surface area contributed by atoms with Gasteiger partial charge < -0.3 is 14.6 Å². The second-order valence-corrected chi connectivity index (χ2v) is 13.0. The monoisotopic (exact) mass is 387 g/mol. The molecule has 1 aromatic heterocycles. The Balaban J connectivity index is 1.88. The van der Waals surface area contributed by atoms with Gasteiger partial charge in [0.1, 0.15) is 5.75 Å². The van der Waals surface area contributed by atoms with Crippen LogP contribution in [0.4, 0.5) is 5.69 Å². The zero-order chi connectivity index (χ0) is 19.9. The van der Waals surface area contributed by atoms with E-state index in [2.05, 4.69) is 67.9 Å². The van der Waals surface area contributed by atoms with Crippen molar-refractivity contribution < 1.29 is 9.16 Å². The lowest BCUT2D eigenvalue weighted by Crippen LogP contribution is -2.43. The van der Waals surface area contributed by atoms with Gasteiger partial charge in [-0.15, -0.1) is 0 Å². The first kappa shape index (κ1) is 21.2. The quantitative estimate of drug-likeness (QED) is 0.359. The Bertz CT molecular complexity index is 715. The maximum Gasteiger partial charge on any atom is 0.250 e. The second-order valence-electron chi connectivity index (χ2n) is 8.24. The number of hydrazine groups is 1. The van der Waals surface area contributed by atoms with Crippen LogP contribution in [-0.2, 0) is 6.42 Å². The highest BCUT2D eigenvalue weighted by atomic mass is 28.4. The minimum Gasteiger partial charge on any atom is -0.541 e. The van der Waals surface area contributed by atoms with Crippen LogP contribution in [0.15, 0.2) is 42.7 Å². The van der Waals surface area contributed by atoms with Crippen molar-refractivity contribution in [2.24, 2.45) is 0 Å². The second kappa shape index (κ2) is 9.24. The van der Waals surface area contributed by atoms with E-state index < -0.39 is 8.32 Å². The van der Waals surface area contributed by atoms with Crippen LogP contribution in [0, 0.1) is 0 Å². The molecule has 2 N–H and O–H groups in total. The molecule has 27 heavy (non-hydrogen) atoms. The van der Waals surface area contributed by atoms with Crippen LogP contribution in [-0.4, -0.2) is 27.0 Å². The van der Waals surface area contributed by atoms with Crippen LogP contribution < -0.4 is 20.0 Å². The Labute approximate surface area is 164 Å². The minimum atomic E-state index is -1.88. The molecule has 0 radical (unpaired) electrons. The number of nitrogens with zero attached hydrogens (tertiary/aromatic N) is 1. The van der Waals surface area contributed by atoms with Crippen molar-refractivity contribution >= 4 is 14.0 Å². The van der Waals surface area contributed by atoms with Crippen LogP contribution in [0.5, 0.6) is 11.5 Å². The van der Waals surface area contributed by atoms with Crippen molar-refractivity contribution in [3.05, 3.63) is 48.3 Å². The van der Waals surface area contributed by atoms with Crippen molar-refractivity contribution in [3.63, 3.8) is 0 Å². The van der Waals surface area contributed by atoms with E-state index in [1.54, 1.807) is 19.5 Å². The summed E-state index contributed by atoms with van der Waals surface area (Å²) in [6.45, 7) is 12.1. The first-order valence-corrected chi connectivity index (χ1v) is 12.4. The number of benzene rings is 1. The SMILES string of the molecule is COc1cc(CCCNNc2ccncc2)ccc1O[Si](C)(C)C(C)(C)C. The molecule has 0 aliphatic carbocycles. The van der Waals surface area contributed by atoms with Crippen molar-refractivity contribution in [1.29, 1.82) is 0 Å². The summed E-state index contributed by atoms with van der Waals surface area (Å²) in [6, 6.07) is 10.1. The van der Waals surface area contributed by atoms with Crippen LogP contribution in [0.2, 0.25) is 18.1 Å². The van der Waals surface area contributed by atoms with Crippen molar-refractivity contribution in [1.82, 2.24) is 10.4 Å². The summed E-state index contributed by atoms with van der Waals surface area (Å²) in [7, 11) is -0.176. The number of hydrogen-bond donors (Lipinski definition) is 2. The first-order chi connectivity index (χ1) is 12.7. The Hall–Kier alpha value is -2.05. The third-order valence-electron chi connectivity index (χ3n) is 5.08. The molecule has 0 atom stereocenters. The van der Waals surface area contributed by atoms with Gasteiger partial charge in [-0.1, -0.05) is 26.8 Å². The number of hydrogen-bond acceptors (Lipinski definition) is 5. The molecule has 148 valence electrons. The van der Waals surface area contributed by atoms with E-state index in [1.807, 2.05) is 12.1 Å². The van der Waals surface area contributed by atoms with Crippen LogP contribution in [0.1, 0.15) is 32.8 Å². The van der Waals surface area contributed by atoms with Gasteiger partial charge in [-0.2, -0.15) is 0 Å². The molecular weight excluding hydrogens is 354 g/mol. The van der Waals surface area contributed by atoms with E-state index in [1.165, 1.54) is 5.56 Å². The van der Waals surface area contributed by atoms with Gasteiger partial charge >= 0.3 is 0 Å². The molecule has 0 amide bonds. The van der Waals surface area contributed by atoms with Gasteiger partial charge in [-0.05, 0) is 60.8 Å². The molecule has 6 heteroatoms. The molecule has 0 aliphatic heterocycles. The molecule has 1 aromatic carbocycles. The molecular formula is C21H33N3O2Si. The molecule has 1 heterocycles. The zero-order valence-corrected chi connectivity index (χ0v) is 18.4. The van der Waals surface area contributed by atoms with Gasteiger partial charge in [-0.25, -0.2) is 5.43 Å². The molecule has 0 saturated heterocycles. The van der Waals surface area contributed by atoms with Crippen LogP contribution in [0.3, 0.4) is 0 Å². The predicted octanol–water partition coefficient (Wildman–Crippen LogP) is 5.02. The third kappa shape index (κ3) is 6.25.